The lowest BCUT2D eigenvalue weighted by atomic mass is 10.3. The van der Waals surface area contributed by atoms with Gasteiger partial charge in [-0.2, -0.15) is 0 Å². The molecule has 10 heavy (non-hydrogen) atoms. The standard InChI is InChI=1S/C5H7N3O2/c1-6-3-2-4(9)8-5(10)7-3/h2H2,1H3,(H2,6,7,8,9,10). The van der Waals surface area contributed by atoms with E-state index in [1.807, 2.05) is 0 Å². The Labute approximate surface area is 57.5 Å². The molecule has 1 aliphatic rings. The molecule has 5 nitrogen and oxygen atoms in total. The number of hydrogen-bond acceptors (Lipinski definition) is 3. The van der Waals surface area contributed by atoms with E-state index < -0.39 is 6.03 Å². The first-order valence-electron chi connectivity index (χ1n) is 2.79. The lowest BCUT2D eigenvalue weighted by Gasteiger charge is -2.13. The van der Waals surface area contributed by atoms with Crippen LogP contribution in [0.1, 0.15) is 6.42 Å². The van der Waals surface area contributed by atoms with Crippen LogP contribution in [0.2, 0.25) is 0 Å². The molecule has 54 valence electrons. The lowest BCUT2D eigenvalue weighted by Crippen LogP contribution is -2.49. The van der Waals surface area contributed by atoms with Crippen LogP contribution in [0.3, 0.4) is 0 Å². The Morgan fingerprint density at radius 2 is 2.10 bits per heavy atom. The number of nitrogens with zero attached hydrogens (tertiary/aromatic N) is 1. The quantitative estimate of drug-likeness (QED) is 0.465. The van der Waals surface area contributed by atoms with Crippen molar-refractivity contribution in [3.8, 4) is 0 Å². The molecule has 0 saturated carbocycles. The monoisotopic (exact) mass is 141 g/mol. The van der Waals surface area contributed by atoms with E-state index in [-0.39, 0.29) is 12.3 Å². The summed E-state index contributed by atoms with van der Waals surface area (Å²) >= 11 is 0. The maximum atomic E-state index is 10.6. The predicted octanol–water partition coefficient (Wildman–Crippen LogP) is -0.756. The minimum atomic E-state index is -0.503. The van der Waals surface area contributed by atoms with E-state index in [1.54, 1.807) is 0 Å². The van der Waals surface area contributed by atoms with E-state index >= 15 is 0 Å². The summed E-state index contributed by atoms with van der Waals surface area (Å²) in [6, 6.07) is -0.503. The average Bonchev–Trinajstić information content (AvgIpc) is 1.85. The van der Waals surface area contributed by atoms with Gasteiger partial charge in [0.05, 0.1) is 6.42 Å². The number of rotatable bonds is 0. The molecule has 1 fully saturated rings. The van der Waals surface area contributed by atoms with E-state index in [1.165, 1.54) is 7.05 Å². The van der Waals surface area contributed by atoms with Crippen molar-refractivity contribution in [2.24, 2.45) is 4.99 Å². The van der Waals surface area contributed by atoms with Crippen LogP contribution in [-0.2, 0) is 4.79 Å². The fraction of sp³-hybridized carbons (Fsp3) is 0.400. The second-order valence-electron chi connectivity index (χ2n) is 1.85. The Balaban J connectivity index is 2.68. The Morgan fingerprint density at radius 1 is 1.40 bits per heavy atom. The van der Waals surface area contributed by atoms with Crippen molar-refractivity contribution in [2.75, 3.05) is 7.05 Å². The molecule has 0 radical (unpaired) electrons. The van der Waals surface area contributed by atoms with Gasteiger partial charge in [0, 0.05) is 7.05 Å². The Morgan fingerprint density at radius 3 is 2.60 bits per heavy atom. The lowest BCUT2D eigenvalue weighted by molar-refractivity contribution is -0.119. The maximum Gasteiger partial charge on any atom is 0.326 e. The average molecular weight is 141 g/mol. The number of amides is 3. The van der Waals surface area contributed by atoms with Gasteiger partial charge in [-0.15, -0.1) is 0 Å². The number of nitrogens with one attached hydrogen (secondary N) is 2. The van der Waals surface area contributed by atoms with Crippen molar-refractivity contribution >= 4 is 17.8 Å². The summed E-state index contributed by atoms with van der Waals surface area (Å²) in [7, 11) is 1.52. The molecule has 0 atom stereocenters. The molecule has 0 aromatic rings. The first-order chi connectivity index (χ1) is 4.72. The van der Waals surface area contributed by atoms with Crippen LogP contribution in [0, 0.1) is 0 Å². The van der Waals surface area contributed by atoms with Gasteiger partial charge in [0.1, 0.15) is 5.84 Å². The molecule has 1 saturated heterocycles. The maximum absolute atomic E-state index is 10.6. The molecular formula is C5H7N3O2. The van der Waals surface area contributed by atoms with Crippen LogP contribution in [0.15, 0.2) is 4.99 Å². The largest absolute Gasteiger partial charge is 0.326 e. The second kappa shape index (κ2) is 2.47. The third-order valence-corrected chi connectivity index (χ3v) is 1.11. The third kappa shape index (κ3) is 1.31. The predicted molar refractivity (Wildman–Crippen MR) is 34.7 cm³/mol. The van der Waals surface area contributed by atoms with Gasteiger partial charge < -0.3 is 0 Å². The van der Waals surface area contributed by atoms with Crippen molar-refractivity contribution < 1.29 is 9.59 Å². The zero-order chi connectivity index (χ0) is 7.56. The summed E-state index contributed by atoms with van der Waals surface area (Å²) < 4.78 is 0. The van der Waals surface area contributed by atoms with Crippen molar-refractivity contribution in [3.05, 3.63) is 0 Å². The van der Waals surface area contributed by atoms with Gasteiger partial charge >= 0.3 is 6.03 Å². The third-order valence-electron chi connectivity index (χ3n) is 1.11. The summed E-state index contributed by atoms with van der Waals surface area (Å²) in [5, 5.41) is 4.45. The minimum absolute atomic E-state index is 0.155. The fourth-order valence-electron chi connectivity index (χ4n) is 0.664. The number of imide groups is 1. The van der Waals surface area contributed by atoms with Crippen molar-refractivity contribution in [2.45, 2.75) is 6.42 Å². The second-order valence-corrected chi connectivity index (χ2v) is 1.85. The minimum Gasteiger partial charge on any atom is -0.295 e. The molecule has 0 spiro atoms. The molecule has 2 N–H and O–H groups in total. The van der Waals surface area contributed by atoms with Crippen molar-refractivity contribution in [3.63, 3.8) is 0 Å². The van der Waals surface area contributed by atoms with E-state index in [2.05, 4.69) is 15.6 Å². The number of aliphatic imine (C=N–C) groups is 1. The molecule has 0 aromatic heterocycles. The molecular weight excluding hydrogens is 134 g/mol. The first-order valence-corrected chi connectivity index (χ1v) is 2.79. The van der Waals surface area contributed by atoms with Crippen LogP contribution < -0.4 is 10.6 Å². The van der Waals surface area contributed by atoms with Crippen LogP contribution >= 0.6 is 0 Å². The van der Waals surface area contributed by atoms with Crippen molar-refractivity contribution in [1.82, 2.24) is 10.6 Å². The van der Waals surface area contributed by atoms with Gasteiger partial charge in [-0.3, -0.25) is 20.4 Å². The highest BCUT2D eigenvalue weighted by Crippen LogP contribution is 1.89. The molecule has 1 aliphatic heterocycles. The summed E-state index contributed by atoms with van der Waals surface area (Å²) in [5.74, 6) is 0.0955. The number of carbonyl (C=O) groups is 2. The normalized spacial score (nSPS) is 22.3. The molecule has 0 bridgehead atoms. The van der Waals surface area contributed by atoms with Gasteiger partial charge in [0.2, 0.25) is 5.91 Å². The molecule has 1 heterocycles. The van der Waals surface area contributed by atoms with Gasteiger partial charge in [0.15, 0.2) is 0 Å². The highest BCUT2D eigenvalue weighted by Gasteiger charge is 2.18. The van der Waals surface area contributed by atoms with Crippen LogP contribution in [0.25, 0.3) is 0 Å². The number of carbonyl (C=O) groups excluding carboxylic acids is 2. The molecule has 0 unspecified atom stereocenters. The van der Waals surface area contributed by atoms with Crippen LogP contribution in [0.4, 0.5) is 4.79 Å². The zero-order valence-electron chi connectivity index (χ0n) is 5.47. The van der Waals surface area contributed by atoms with Crippen molar-refractivity contribution in [1.29, 1.82) is 0 Å². The molecule has 5 heteroatoms. The SMILES string of the molecule is C/N=C1\CC(=O)NC(=O)N1. The van der Waals surface area contributed by atoms with Crippen LogP contribution in [-0.4, -0.2) is 24.8 Å². The molecule has 1 rings (SSSR count). The number of amidine groups is 1. The Bertz CT molecular complexity index is 191. The highest BCUT2D eigenvalue weighted by molar-refractivity contribution is 6.15. The van der Waals surface area contributed by atoms with E-state index in [0.717, 1.165) is 0 Å². The summed E-state index contributed by atoms with van der Waals surface area (Å²) in [4.78, 5) is 24.8. The van der Waals surface area contributed by atoms with E-state index in [9.17, 15) is 9.59 Å². The van der Waals surface area contributed by atoms with Gasteiger partial charge in [-0.25, -0.2) is 4.79 Å². The Kier molecular flexibility index (Phi) is 1.66. The van der Waals surface area contributed by atoms with E-state index in [0.29, 0.717) is 5.84 Å². The van der Waals surface area contributed by atoms with Gasteiger partial charge in [0.25, 0.3) is 0 Å². The van der Waals surface area contributed by atoms with E-state index in [4.69, 9.17) is 0 Å². The highest BCUT2D eigenvalue weighted by atomic mass is 16.2. The topological polar surface area (TPSA) is 70.6 Å². The molecule has 3 amide bonds. The molecule has 0 aromatic carbocycles. The molecule has 0 aliphatic carbocycles. The van der Waals surface area contributed by atoms with Crippen LogP contribution in [0.5, 0.6) is 0 Å². The number of hydrogen-bond donors (Lipinski definition) is 2. The zero-order valence-corrected chi connectivity index (χ0v) is 5.47. The fourth-order valence-corrected chi connectivity index (χ4v) is 0.664. The number of urea groups is 1. The summed E-state index contributed by atoms with van der Waals surface area (Å²) in [6.07, 6.45) is 0.155. The summed E-state index contributed by atoms with van der Waals surface area (Å²) in [5.41, 5.74) is 0. The Hall–Kier alpha value is -1.39. The van der Waals surface area contributed by atoms with Gasteiger partial charge in [-0.05, 0) is 0 Å². The van der Waals surface area contributed by atoms with Gasteiger partial charge in [-0.1, -0.05) is 0 Å². The summed E-state index contributed by atoms with van der Waals surface area (Å²) in [6.45, 7) is 0. The first kappa shape index (κ1) is 6.73. The smallest absolute Gasteiger partial charge is 0.295 e.